The van der Waals surface area contributed by atoms with E-state index >= 15 is 0 Å². The first-order valence-electron chi connectivity index (χ1n) is 11.7. The topological polar surface area (TPSA) is 130 Å². The smallest absolute Gasteiger partial charge is 0.211 e. The van der Waals surface area contributed by atoms with Gasteiger partial charge in [-0.3, -0.25) is 15.4 Å². The molecule has 196 valence electrons. The molecule has 0 spiro atoms. The first kappa shape index (κ1) is 26.6. The van der Waals surface area contributed by atoms with Crippen LogP contribution >= 0.6 is 11.6 Å². The number of hydrogen-bond donors (Lipinski definition) is 3. The van der Waals surface area contributed by atoms with Gasteiger partial charge in [0.1, 0.15) is 30.0 Å². The molecule has 0 amide bonds. The van der Waals surface area contributed by atoms with Crippen molar-refractivity contribution in [3.63, 3.8) is 0 Å². The Morgan fingerprint density at radius 2 is 1.97 bits per heavy atom. The minimum absolute atomic E-state index is 0.0957. The van der Waals surface area contributed by atoms with Crippen LogP contribution in [0.15, 0.2) is 55.0 Å². The van der Waals surface area contributed by atoms with Crippen molar-refractivity contribution in [2.75, 3.05) is 37.0 Å². The molecule has 3 aromatic rings. The molecule has 1 aromatic heterocycles. The summed E-state index contributed by atoms with van der Waals surface area (Å²) in [5.41, 5.74) is 2.69. The summed E-state index contributed by atoms with van der Waals surface area (Å²) in [7, 11) is -1.40. The minimum atomic E-state index is -3.19. The van der Waals surface area contributed by atoms with Crippen LogP contribution in [0, 0.1) is 5.41 Å². The lowest BCUT2D eigenvalue weighted by Gasteiger charge is -2.30. The molecule has 12 heteroatoms. The molecular weight excluding hydrogens is 516 g/mol. The molecule has 0 aliphatic carbocycles. The summed E-state index contributed by atoms with van der Waals surface area (Å²) < 4.78 is 36.8. The van der Waals surface area contributed by atoms with E-state index < -0.39 is 10.0 Å². The number of ether oxygens (including phenoxy) is 2. The van der Waals surface area contributed by atoms with E-state index in [1.807, 2.05) is 12.1 Å². The van der Waals surface area contributed by atoms with E-state index in [9.17, 15) is 8.42 Å². The number of rotatable bonds is 9. The summed E-state index contributed by atoms with van der Waals surface area (Å²) >= 11 is 6.41. The number of piperidine rings is 1. The van der Waals surface area contributed by atoms with E-state index in [0.29, 0.717) is 59.4 Å². The maximum absolute atomic E-state index is 11.8. The molecule has 37 heavy (non-hydrogen) atoms. The fourth-order valence-electron chi connectivity index (χ4n) is 3.96. The van der Waals surface area contributed by atoms with Gasteiger partial charge in [-0.25, -0.2) is 12.7 Å². The molecule has 1 aliphatic heterocycles. The number of sulfonamides is 1. The van der Waals surface area contributed by atoms with Gasteiger partial charge in [-0.1, -0.05) is 11.6 Å². The van der Waals surface area contributed by atoms with Crippen molar-refractivity contribution in [3.8, 4) is 11.5 Å². The quantitative estimate of drug-likeness (QED) is 0.272. The van der Waals surface area contributed by atoms with Crippen LogP contribution in [0.3, 0.4) is 0 Å². The number of hydrogen-bond acceptors (Lipinski definition) is 8. The predicted molar refractivity (Wildman–Crippen MR) is 144 cm³/mol. The van der Waals surface area contributed by atoms with Gasteiger partial charge in [0.25, 0.3) is 0 Å². The van der Waals surface area contributed by atoms with Gasteiger partial charge in [0.05, 0.1) is 23.2 Å². The monoisotopic (exact) mass is 544 g/mol. The van der Waals surface area contributed by atoms with Gasteiger partial charge < -0.3 is 20.1 Å². The largest absolute Gasteiger partial charge is 0.490 e. The molecule has 10 nitrogen and oxygen atoms in total. The number of anilines is 2. The SMILES string of the molecule is CNc1ccc(OC2CCN(S(C)(=O)=O)CC2)cc1C(=N)Nc1ccc(OCc2cnccn2)c(Cl)c1. The summed E-state index contributed by atoms with van der Waals surface area (Å²) in [6, 6.07) is 10.7. The Morgan fingerprint density at radius 1 is 1.19 bits per heavy atom. The van der Waals surface area contributed by atoms with Gasteiger partial charge in [0.15, 0.2) is 0 Å². The number of amidine groups is 1. The number of nitrogens with zero attached hydrogens (tertiary/aromatic N) is 3. The first-order valence-corrected chi connectivity index (χ1v) is 13.9. The molecule has 1 aliphatic rings. The van der Waals surface area contributed by atoms with Crippen LogP contribution in [0.5, 0.6) is 11.5 Å². The molecule has 0 radical (unpaired) electrons. The first-order chi connectivity index (χ1) is 17.7. The lowest BCUT2D eigenvalue weighted by molar-refractivity contribution is 0.135. The standard InChI is InChI=1S/C25H29ClN6O4S/c1-28-23-5-4-20(36-19-7-11-32(12-8-19)37(2,33)34)14-21(23)25(27)31-17-3-6-24(22(26)13-17)35-16-18-15-29-9-10-30-18/h3-6,9-10,13-15,19,28H,7-8,11-12,16H2,1-2H3,(H2,27,31). The predicted octanol–water partition coefficient (Wildman–Crippen LogP) is 3.99. The molecular formula is C25H29ClN6O4S. The third kappa shape index (κ3) is 7.09. The molecule has 2 aromatic carbocycles. The highest BCUT2D eigenvalue weighted by Crippen LogP contribution is 2.30. The Morgan fingerprint density at radius 3 is 2.62 bits per heavy atom. The summed E-state index contributed by atoms with van der Waals surface area (Å²) in [6.45, 7) is 1.10. The number of nitrogens with one attached hydrogen (secondary N) is 3. The van der Waals surface area contributed by atoms with E-state index in [1.165, 1.54) is 10.6 Å². The van der Waals surface area contributed by atoms with E-state index in [-0.39, 0.29) is 18.5 Å². The van der Waals surface area contributed by atoms with Gasteiger partial charge in [0.2, 0.25) is 10.0 Å². The lowest BCUT2D eigenvalue weighted by atomic mass is 10.1. The van der Waals surface area contributed by atoms with Gasteiger partial charge in [0, 0.05) is 49.5 Å². The highest BCUT2D eigenvalue weighted by molar-refractivity contribution is 7.88. The maximum atomic E-state index is 11.8. The highest BCUT2D eigenvalue weighted by atomic mass is 35.5. The van der Waals surface area contributed by atoms with Crippen LogP contribution < -0.4 is 20.1 Å². The van der Waals surface area contributed by atoms with Crippen LogP contribution in [0.25, 0.3) is 0 Å². The van der Waals surface area contributed by atoms with E-state index in [1.54, 1.807) is 49.9 Å². The third-order valence-electron chi connectivity index (χ3n) is 5.90. The highest BCUT2D eigenvalue weighted by Gasteiger charge is 2.26. The summed E-state index contributed by atoms with van der Waals surface area (Å²) in [5.74, 6) is 1.27. The second kappa shape index (κ2) is 11.8. The second-order valence-electron chi connectivity index (χ2n) is 8.57. The average molecular weight is 545 g/mol. The normalized spacial score (nSPS) is 14.7. The summed E-state index contributed by atoms with van der Waals surface area (Å²) in [6.07, 6.45) is 7.16. The Kier molecular flexibility index (Phi) is 8.47. The van der Waals surface area contributed by atoms with Crippen LogP contribution in [0.4, 0.5) is 11.4 Å². The molecule has 3 N–H and O–H groups in total. The van der Waals surface area contributed by atoms with E-state index in [2.05, 4.69) is 20.6 Å². The maximum Gasteiger partial charge on any atom is 0.211 e. The van der Waals surface area contributed by atoms with Crippen LogP contribution in [0.2, 0.25) is 5.02 Å². The van der Waals surface area contributed by atoms with Crippen molar-refractivity contribution in [1.82, 2.24) is 14.3 Å². The summed E-state index contributed by atoms with van der Waals surface area (Å²) in [4.78, 5) is 8.19. The number of aromatic nitrogens is 2. The van der Waals surface area contributed by atoms with Gasteiger partial charge in [-0.2, -0.15) is 0 Å². The molecule has 0 atom stereocenters. The molecule has 0 saturated carbocycles. The van der Waals surface area contributed by atoms with Crippen molar-refractivity contribution in [3.05, 3.63) is 71.3 Å². The molecule has 1 saturated heterocycles. The summed E-state index contributed by atoms with van der Waals surface area (Å²) in [5, 5.41) is 15.2. The number of halogens is 1. The Bertz CT molecular complexity index is 1350. The van der Waals surface area contributed by atoms with Gasteiger partial charge in [-0.05, 0) is 49.2 Å². The zero-order valence-corrected chi connectivity index (χ0v) is 22.1. The van der Waals surface area contributed by atoms with Gasteiger partial charge in [-0.15, -0.1) is 0 Å². The number of benzene rings is 2. The molecule has 4 rings (SSSR count). The second-order valence-corrected chi connectivity index (χ2v) is 11.0. The third-order valence-corrected chi connectivity index (χ3v) is 7.49. The van der Waals surface area contributed by atoms with Crippen molar-refractivity contribution >= 4 is 38.8 Å². The van der Waals surface area contributed by atoms with E-state index in [0.717, 1.165) is 5.69 Å². The molecule has 1 fully saturated rings. The fourth-order valence-corrected chi connectivity index (χ4v) is 5.07. The zero-order valence-electron chi connectivity index (χ0n) is 20.6. The molecule has 0 unspecified atom stereocenters. The van der Waals surface area contributed by atoms with Crippen LogP contribution in [0.1, 0.15) is 24.1 Å². The minimum Gasteiger partial charge on any atom is -0.490 e. The Balaban J connectivity index is 1.40. The molecule has 2 heterocycles. The van der Waals surface area contributed by atoms with Gasteiger partial charge >= 0.3 is 0 Å². The zero-order chi connectivity index (χ0) is 26.4. The lowest BCUT2D eigenvalue weighted by Crippen LogP contribution is -2.41. The van der Waals surface area contributed by atoms with Crippen LogP contribution in [-0.4, -0.2) is 61.0 Å². The van der Waals surface area contributed by atoms with E-state index in [4.69, 9.17) is 26.5 Å². The van der Waals surface area contributed by atoms with Crippen LogP contribution in [-0.2, 0) is 16.6 Å². The Hall–Kier alpha value is -3.41. The van der Waals surface area contributed by atoms with Crippen molar-refractivity contribution < 1.29 is 17.9 Å². The van der Waals surface area contributed by atoms with Crippen molar-refractivity contribution in [2.24, 2.45) is 0 Å². The van der Waals surface area contributed by atoms with Crippen molar-refractivity contribution in [2.45, 2.75) is 25.6 Å². The fraction of sp³-hybridized carbons (Fsp3) is 0.320. The van der Waals surface area contributed by atoms with Crippen molar-refractivity contribution in [1.29, 1.82) is 5.41 Å². The average Bonchev–Trinajstić information content (AvgIpc) is 2.88. The Labute approximate surface area is 221 Å². The molecule has 0 bridgehead atoms.